The van der Waals surface area contributed by atoms with Gasteiger partial charge in [0.25, 0.3) is 5.91 Å². The van der Waals surface area contributed by atoms with Crippen LogP contribution in [0.1, 0.15) is 15.9 Å². The molecular formula is C20H19F4N3O2. The minimum atomic E-state index is -4.51. The number of hydrogen-bond acceptors (Lipinski definition) is 3. The maximum atomic E-state index is 12.9. The van der Waals surface area contributed by atoms with Crippen molar-refractivity contribution in [1.82, 2.24) is 9.80 Å². The van der Waals surface area contributed by atoms with Crippen LogP contribution >= 0.6 is 0 Å². The molecule has 0 aliphatic carbocycles. The highest BCUT2D eigenvalue weighted by atomic mass is 19.4. The van der Waals surface area contributed by atoms with E-state index in [9.17, 15) is 27.2 Å². The number of halogens is 4. The van der Waals surface area contributed by atoms with Crippen molar-refractivity contribution in [1.29, 1.82) is 0 Å². The fourth-order valence-electron chi connectivity index (χ4n) is 3.06. The molecule has 29 heavy (non-hydrogen) atoms. The molecule has 5 nitrogen and oxygen atoms in total. The Hall–Kier alpha value is -2.94. The van der Waals surface area contributed by atoms with Crippen molar-refractivity contribution >= 4 is 17.5 Å². The molecule has 154 valence electrons. The fraction of sp³-hybridized carbons (Fsp3) is 0.300. The molecule has 2 aromatic rings. The summed E-state index contributed by atoms with van der Waals surface area (Å²) in [6.45, 7) is 1.55. The third kappa shape index (κ3) is 5.54. The molecule has 1 fully saturated rings. The van der Waals surface area contributed by atoms with Gasteiger partial charge in [-0.15, -0.1) is 0 Å². The molecule has 0 atom stereocenters. The first-order valence-corrected chi connectivity index (χ1v) is 8.97. The quantitative estimate of drug-likeness (QED) is 0.789. The van der Waals surface area contributed by atoms with Gasteiger partial charge in [-0.25, -0.2) is 4.39 Å². The summed E-state index contributed by atoms with van der Waals surface area (Å²) in [7, 11) is 0. The Kier molecular flexibility index (Phi) is 6.17. The molecule has 0 spiro atoms. The summed E-state index contributed by atoms with van der Waals surface area (Å²) >= 11 is 0. The van der Waals surface area contributed by atoms with Crippen molar-refractivity contribution in [3.05, 3.63) is 65.5 Å². The monoisotopic (exact) mass is 409 g/mol. The highest BCUT2D eigenvalue weighted by Gasteiger charge is 2.31. The van der Waals surface area contributed by atoms with Crippen LogP contribution in [0.15, 0.2) is 48.5 Å². The number of hydrogen-bond donors (Lipinski definition) is 1. The second-order valence-electron chi connectivity index (χ2n) is 6.70. The molecule has 0 bridgehead atoms. The maximum Gasteiger partial charge on any atom is 0.416 e. The van der Waals surface area contributed by atoms with E-state index in [1.54, 1.807) is 0 Å². The lowest BCUT2D eigenvalue weighted by molar-refractivity contribution is -0.137. The molecule has 9 heteroatoms. The predicted octanol–water partition coefficient (Wildman–Crippen LogP) is 3.24. The van der Waals surface area contributed by atoms with Crippen LogP contribution in [0.4, 0.5) is 23.2 Å². The standard InChI is InChI=1S/C20H19F4N3O2/c21-16-4-6-17(7-5-16)25-18(28)13-26-8-10-27(11-9-26)19(29)14-2-1-3-15(12-14)20(22,23)24/h1-7,12H,8-11,13H2,(H,25,28). The molecule has 1 saturated heterocycles. The van der Waals surface area contributed by atoms with Gasteiger partial charge in [-0.3, -0.25) is 14.5 Å². The minimum Gasteiger partial charge on any atom is -0.336 e. The van der Waals surface area contributed by atoms with Crippen molar-refractivity contribution in [2.45, 2.75) is 6.18 Å². The summed E-state index contributed by atoms with van der Waals surface area (Å²) in [5, 5.41) is 2.66. The number of anilines is 1. The molecule has 1 aliphatic heterocycles. The lowest BCUT2D eigenvalue weighted by Crippen LogP contribution is -2.50. The highest BCUT2D eigenvalue weighted by molar-refractivity contribution is 5.94. The van der Waals surface area contributed by atoms with Gasteiger partial charge in [0.2, 0.25) is 5.91 Å². The van der Waals surface area contributed by atoms with Gasteiger partial charge in [0.1, 0.15) is 5.82 Å². The maximum absolute atomic E-state index is 12.9. The summed E-state index contributed by atoms with van der Waals surface area (Å²) in [6, 6.07) is 9.75. The van der Waals surface area contributed by atoms with Gasteiger partial charge in [0.15, 0.2) is 0 Å². The molecule has 1 heterocycles. The van der Waals surface area contributed by atoms with Crippen LogP contribution < -0.4 is 5.32 Å². The number of carbonyl (C=O) groups is 2. The number of nitrogens with one attached hydrogen (secondary N) is 1. The van der Waals surface area contributed by atoms with Crippen molar-refractivity contribution in [2.24, 2.45) is 0 Å². The van der Waals surface area contributed by atoms with E-state index < -0.39 is 23.5 Å². The summed E-state index contributed by atoms with van der Waals surface area (Å²) in [6.07, 6.45) is -4.51. The van der Waals surface area contributed by atoms with Crippen LogP contribution in [0.5, 0.6) is 0 Å². The molecule has 3 rings (SSSR count). The molecule has 1 N–H and O–H groups in total. The first kappa shape index (κ1) is 20.8. The molecule has 0 radical (unpaired) electrons. The Morgan fingerprint density at radius 3 is 2.24 bits per heavy atom. The van der Waals surface area contributed by atoms with Crippen molar-refractivity contribution in [2.75, 3.05) is 38.0 Å². The Morgan fingerprint density at radius 2 is 1.62 bits per heavy atom. The third-order valence-electron chi connectivity index (χ3n) is 4.59. The van der Waals surface area contributed by atoms with E-state index in [2.05, 4.69) is 5.32 Å². The Balaban J connectivity index is 1.51. The zero-order valence-corrected chi connectivity index (χ0v) is 15.4. The van der Waals surface area contributed by atoms with Crippen molar-refractivity contribution < 1.29 is 27.2 Å². The molecule has 0 saturated carbocycles. The van der Waals surface area contributed by atoms with E-state index in [0.717, 1.165) is 12.1 Å². The van der Waals surface area contributed by atoms with Crippen LogP contribution in [0.25, 0.3) is 0 Å². The van der Waals surface area contributed by atoms with Crippen molar-refractivity contribution in [3.63, 3.8) is 0 Å². The van der Waals surface area contributed by atoms with Gasteiger partial charge in [-0.1, -0.05) is 6.07 Å². The SMILES string of the molecule is O=C(CN1CCN(C(=O)c2cccc(C(F)(F)F)c2)CC1)Nc1ccc(F)cc1. The van der Waals surface area contributed by atoms with Gasteiger partial charge in [0.05, 0.1) is 12.1 Å². The van der Waals surface area contributed by atoms with Crippen LogP contribution in [0.2, 0.25) is 0 Å². The smallest absolute Gasteiger partial charge is 0.336 e. The van der Waals surface area contributed by atoms with E-state index in [4.69, 9.17) is 0 Å². The summed E-state index contributed by atoms with van der Waals surface area (Å²) in [5.41, 5.74) is -0.392. The van der Waals surface area contributed by atoms with E-state index in [1.165, 1.54) is 41.3 Å². The summed E-state index contributed by atoms with van der Waals surface area (Å²) < 4.78 is 51.4. The number of rotatable bonds is 4. The lowest BCUT2D eigenvalue weighted by Gasteiger charge is -2.34. The molecule has 0 unspecified atom stereocenters. The average molecular weight is 409 g/mol. The van der Waals surface area contributed by atoms with Crippen LogP contribution in [-0.2, 0) is 11.0 Å². The molecule has 2 aromatic carbocycles. The Morgan fingerprint density at radius 1 is 0.966 bits per heavy atom. The first-order chi connectivity index (χ1) is 13.7. The number of benzene rings is 2. The Labute approximate surface area is 164 Å². The summed E-state index contributed by atoms with van der Waals surface area (Å²) in [5.74, 6) is -1.13. The van der Waals surface area contributed by atoms with E-state index in [-0.39, 0.29) is 18.0 Å². The number of nitrogens with zero attached hydrogens (tertiary/aromatic N) is 2. The minimum absolute atomic E-state index is 0.0117. The van der Waals surface area contributed by atoms with E-state index in [0.29, 0.717) is 31.9 Å². The van der Waals surface area contributed by atoms with Gasteiger partial charge < -0.3 is 10.2 Å². The van der Waals surface area contributed by atoms with Crippen molar-refractivity contribution in [3.8, 4) is 0 Å². The molecule has 1 aliphatic rings. The second-order valence-corrected chi connectivity index (χ2v) is 6.70. The number of piperazine rings is 1. The van der Waals surface area contributed by atoms with E-state index in [1.807, 2.05) is 4.90 Å². The zero-order chi connectivity index (χ0) is 21.0. The second kappa shape index (κ2) is 8.60. The largest absolute Gasteiger partial charge is 0.416 e. The summed E-state index contributed by atoms with van der Waals surface area (Å²) in [4.78, 5) is 27.9. The topological polar surface area (TPSA) is 52.7 Å². The molecule has 0 aromatic heterocycles. The lowest BCUT2D eigenvalue weighted by atomic mass is 10.1. The number of amides is 2. The van der Waals surface area contributed by atoms with Gasteiger partial charge in [0, 0.05) is 37.4 Å². The molecule has 2 amide bonds. The van der Waals surface area contributed by atoms with Gasteiger partial charge in [-0.05, 0) is 42.5 Å². The van der Waals surface area contributed by atoms with Gasteiger partial charge >= 0.3 is 6.18 Å². The number of alkyl halides is 3. The fourth-order valence-corrected chi connectivity index (χ4v) is 3.06. The average Bonchev–Trinajstić information content (AvgIpc) is 2.69. The predicted molar refractivity (Wildman–Crippen MR) is 98.8 cm³/mol. The van der Waals surface area contributed by atoms with Crippen LogP contribution in [0, 0.1) is 5.82 Å². The third-order valence-corrected chi connectivity index (χ3v) is 4.59. The highest BCUT2D eigenvalue weighted by Crippen LogP contribution is 2.29. The van der Waals surface area contributed by atoms with Gasteiger partial charge in [-0.2, -0.15) is 13.2 Å². The first-order valence-electron chi connectivity index (χ1n) is 8.97. The van der Waals surface area contributed by atoms with Crippen LogP contribution in [0.3, 0.4) is 0 Å². The zero-order valence-electron chi connectivity index (χ0n) is 15.4. The van der Waals surface area contributed by atoms with Crippen LogP contribution in [-0.4, -0.2) is 54.3 Å². The number of carbonyl (C=O) groups excluding carboxylic acids is 2. The Bertz CT molecular complexity index is 876. The normalized spacial score (nSPS) is 15.2. The van der Waals surface area contributed by atoms with E-state index >= 15 is 0 Å². The molecular weight excluding hydrogens is 390 g/mol.